The molecule has 2 heteroatoms. The van der Waals surface area contributed by atoms with E-state index in [2.05, 4.69) is 37.3 Å². The highest BCUT2D eigenvalue weighted by molar-refractivity contribution is 5.78. The van der Waals surface area contributed by atoms with Crippen molar-refractivity contribution in [3.05, 3.63) is 35.9 Å². The van der Waals surface area contributed by atoms with Gasteiger partial charge in [-0.1, -0.05) is 43.7 Å². The predicted molar refractivity (Wildman–Crippen MR) is 69.2 cm³/mol. The molecule has 0 spiro atoms. The predicted octanol–water partition coefficient (Wildman–Crippen LogP) is 3.66. The Bertz CT molecular complexity index is 426. The molecular weight excluding hydrogens is 210 g/mol. The normalized spacial score (nSPS) is 31.6. The minimum atomic E-state index is -0.0785. The minimum Gasteiger partial charge on any atom is -0.475 e. The lowest BCUT2D eigenvalue weighted by Crippen LogP contribution is -2.38. The molecule has 2 aliphatic rings. The second kappa shape index (κ2) is 4.17. The fraction of sp³-hybridized carbons (Fsp3) is 0.533. The number of aliphatic imine (C=N–C) groups is 1. The Morgan fingerprint density at radius 1 is 1.29 bits per heavy atom. The zero-order chi connectivity index (χ0) is 11.7. The van der Waals surface area contributed by atoms with Gasteiger partial charge in [0.25, 0.3) is 0 Å². The van der Waals surface area contributed by atoms with Gasteiger partial charge in [-0.25, -0.2) is 4.99 Å². The summed E-state index contributed by atoms with van der Waals surface area (Å²) in [6.07, 6.45) is 5.98. The van der Waals surface area contributed by atoms with Gasteiger partial charge in [0.05, 0.1) is 0 Å². The van der Waals surface area contributed by atoms with E-state index in [1.165, 1.54) is 18.4 Å². The molecule has 0 saturated heterocycles. The Hall–Kier alpha value is -1.31. The van der Waals surface area contributed by atoms with Crippen molar-refractivity contribution < 1.29 is 4.74 Å². The summed E-state index contributed by atoms with van der Waals surface area (Å²) in [5.41, 5.74) is 1.25. The van der Waals surface area contributed by atoms with Crippen LogP contribution < -0.4 is 0 Å². The molecule has 1 fully saturated rings. The van der Waals surface area contributed by atoms with E-state index >= 15 is 0 Å². The Morgan fingerprint density at radius 2 is 2.12 bits per heavy atom. The van der Waals surface area contributed by atoms with E-state index in [-0.39, 0.29) is 11.6 Å². The van der Waals surface area contributed by atoms with Crippen LogP contribution in [0.1, 0.15) is 44.6 Å². The third-order valence-electron chi connectivity index (χ3n) is 3.99. The van der Waals surface area contributed by atoms with Gasteiger partial charge in [0.15, 0.2) is 5.90 Å². The number of nitrogens with zero attached hydrogens (tertiary/aromatic N) is 1. The van der Waals surface area contributed by atoms with Crippen molar-refractivity contribution in [2.24, 2.45) is 4.99 Å². The van der Waals surface area contributed by atoms with Crippen molar-refractivity contribution in [2.75, 3.05) is 0 Å². The first-order valence-electron chi connectivity index (χ1n) is 6.66. The lowest BCUT2D eigenvalue weighted by Gasteiger charge is -2.35. The third-order valence-corrected chi connectivity index (χ3v) is 3.99. The van der Waals surface area contributed by atoms with Crippen LogP contribution >= 0.6 is 0 Å². The Kier molecular flexibility index (Phi) is 2.65. The van der Waals surface area contributed by atoms with Gasteiger partial charge in [-0.15, -0.1) is 0 Å². The van der Waals surface area contributed by atoms with Crippen molar-refractivity contribution in [2.45, 2.75) is 50.7 Å². The summed E-state index contributed by atoms with van der Waals surface area (Å²) in [6.45, 7) is 2.12. The topological polar surface area (TPSA) is 21.6 Å². The van der Waals surface area contributed by atoms with Crippen LogP contribution in [0, 0.1) is 0 Å². The number of hydrogen-bond acceptors (Lipinski definition) is 2. The van der Waals surface area contributed by atoms with Crippen LogP contribution in [-0.2, 0) is 10.3 Å². The SMILES string of the molecule is CCC1=N[C@]2(c3ccccc3)CCCC[C@@H]2O1. The average Bonchev–Trinajstić information content (AvgIpc) is 2.79. The molecule has 0 amide bonds. The van der Waals surface area contributed by atoms with E-state index < -0.39 is 0 Å². The fourth-order valence-electron chi connectivity index (χ4n) is 3.11. The van der Waals surface area contributed by atoms with Gasteiger partial charge < -0.3 is 4.74 Å². The molecule has 1 aromatic carbocycles. The minimum absolute atomic E-state index is 0.0785. The van der Waals surface area contributed by atoms with Crippen molar-refractivity contribution in [3.8, 4) is 0 Å². The van der Waals surface area contributed by atoms with Crippen LogP contribution in [0.2, 0.25) is 0 Å². The fourth-order valence-corrected chi connectivity index (χ4v) is 3.11. The van der Waals surface area contributed by atoms with Crippen LogP contribution in [0.5, 0.6) is 0 Å². The second-order valence-corrected chi connectivity index (χ2v) is 5.00. The summed E-state index contributed by atoms with van der Waals surface area (Å²) >= 11 is 0. The van der Waals surface area contributed by atoms with E-state index in [1.807, 2.05) is 0 Å². The number of fused-ring (bicyclic) bond motifs is 1. The van der Waals surface area contributed by atoms with Crippen LogP contribution in [0.15, 0.2) is 35.3 Å². The van der Waals surface area contributed by atoms with E-state index in [4.69, 9.17) is 9.73 Å². The van der Waals surface area contributed by atoms with Crippen LogP contribution in [-0.4, -0.2) is 12.0 Å². The molecule has 1 aliphatic carbocycles. The molecule has 17 heavy (non-hydrogen) atoms. The first-order valence-corrected chi connectivity index (χ1v) is 6.66. The van der Waals surface area contributed by atoms with Crippen molar-refractivity contribution in [1.29, 1.82) is 0 Å². The lowest BCUT2D eigenvalue weighted by molar-refractivity contribution is 0.0902. The van der Waals surface area contributed by atoms with Gasteiger partial charge in [0.1, 0.15) is 11.6 Å². The summed E-state index contributed by atoms with van der Waals surface area (Å²) < 4.78 is 6.02. The lowest BCUT2D eigenvalue weighted by atomic mass is 9.75. The van der Waals surface area contributed by atoms with Crippen molar-refractivity contribution in [3.63, 3.8) is 0 Å². The standard InChI is InChI=1S/C15H19NO/c1-2-14-16-15(12-8-4-3-5-9-12)11-7-6-10-13(15)17-14/h3-5,8-9,13H,2,6-7,10-11H2,1H3/t13-,15-/m0/s1. The van der Waals surface area contributed by atoms with E-state index in [1.54, 1.807) is 0 Å². The van der Waals surface area contributed by atoms with Gasteiger partial charge in [0.2, 0.25) is 0 Å². The molecule has 0 bridgehead atoms. The first-order chi connectivity index (χ1) is 8.35. The largest absolute Gasteiger partial charge is 0.475 e. The maximum Gasteiger partial charge on any atom is 0.184 e. The quantitative estimate of drug-likeness (QED) is 0.758. The summed E-state index contributed by atoms with van der Waals surface area (Å²) in [6, 6.07) is 10.7. The third kappa shape index (κ3) is 1.67. The van der Waals surface area contributed by atoms with Gasteiger partial charge in [-0.2, -0.15) is 0 Å². The Morgan fingerprint density at radius 3 is 2.88 bits per heavy atom. The van der Waals surface area contributed by atoms with Crippen LogP contribution in [0.4, 0.5) is 0 Å². The summed E-state index contributed by atoms with van der Waals surface area (Å²) in [7, 11) is 0. The van der Waals surface area contributed by atoms with E-state index in [0.717, 1.165) is 25.2 Å². The molecule has 0 unspecified atom stereocenters. The van der Waals surface area contributed by atoms with Crippen LogP contribution in [0.25, 0.3) is 0 Å². The maximum absolute atomic E-state index is 6.02. The average molecular weight is 229 g/mol. The Labute approximate surface area is 103 Å². The number of benzene rings is 1. The smallest absolute Gasteiger partial charge is 0.184 e. The maximum atomic E-state index is 6.02. The molecule has 0 radical (unpaired) electrons. The molecule has 1 aliphatic heterocycles. The molecule has 0 aromatic heterocycles. The first kappa shape index (κ1) is 10.8. The molecule has 2 nitrogen and oxygen atoms in total. The summed E-state index contributed by atoms with van der Waals surface area (Å²) in [5.74, 6) is 0.945. The Balaban J connectivity index is 2.04. The molecule has 3 rings (SSSR count). The zero-order valence-corrected chi connectivity index (χ0v) is 10.4. The summed E-state index contributed by atoms with van der Waals surface area (Å²) in [4.78, 5) is 4.92. The van der Waals surface area contributed by atoms with Gasteiger partial charge in [-0.05, 0) is 24.8 Å². The molecule has 1 heterocycles. The molecular formula is C15H19NO. The second-order valence-electron chi connectivity index (χ2n) is 5.00. The van der Waals surface area contributed by atoms with Crippen molar-refractivity contribution >= 4 is 5.90 Å². The molecule has 0 N–H and O–H groups in total. The monoisotopic (exact) mass is 229 g/mol. The molecule has 1 saturated carbocycles. The highest BCUT2D eigenvalue weighted by Gasteiger charge is 2.48. The highest BCUT2D eigenvalue weighted by atomic mass is 16.5. The number of rotatable bonds is 2. The van der Waals surface area contributed by atoms with Gasteiger partial charge >= 0.3 is 0 Å². The van der Waals surface area contributed by atoms with Gasteiger partial charge in [0, 0.05) is 6.42 Å². The molecule has 1 aromatic rings. The van der Waals surface area contributed by atoms with Gasteiger partial charge in [-0.3, -0.25) is 0 Å². The van der Waals surface area contributed by atoms with Crippen molar-refractivity contribution in [1.82, 2.24) is 0 Å². The number of hydrogen-bond donors (Lipinski definition) is 0. The highest BCUT2D eigenvalue weighted by Crippen LogP contribution is 2.46. The zero-order valence-electron chi connectivity index (χ0n) is 10.4. The number of ether oxygens (including phenoxy) is 1. The van der Waals surface area contributed by atoms with E-state index in [0.29, 0.717) is 0 Å². The molecule has 2 atom stereocenters. The van der Waals surface area contributed by atoms with E-state index in [9.17, 15) is 0 Å². The summed E-state index contributed by atoms with van der Waals surface area (Å²) in [5, 5.41) is 0. The molecule has 90 valence electrons. The van der Waals surface area contributed by atoms with Crippen LogP contribution in [0.3, 0.4) is 0 Å².